The molecule has 0 unspecified atom stereocenters. The van der Waals surface area contributed by atoms with Gasteiger partial charge in [0.25, 0.3) is 5.91 Å². The normalized spacial score (nSPS) is 10.8. The van der Waals surface area contributed by atoms with E-state index in [2.05, 4.69) is 34.0 Å². The molecule has 0 saturated carbocycles. The van der Waals surface area contributed by atoms with Crippen LogP contribution in [0.4, 0.5) is 5.95 Å². The van der Waals surface area contributed by atoms with Crippen molar-refractivity contribution in [2.24, 2.45) is 0 Å². The Balaban J connectivity index is 2.63. The van der Waals surface area contributed by atoms with Crippen LogP contribution in [0.2, 0.25) is 0 Å². The molecule has 0 aliphatic rings. The quantitative estimate of drug-likeness (QED) is 0.671. The maximum atomic E-state index is 12.5. The van der Waals surface area contributed by atoms with Gasteiger partial charge in [-0.3, -0.25) is 4.79 Å². The summed E-state index contributed by atoms with van der Waals surface area (Å²) in [7, 11) is 4.09. The highest BCUT2D eigenvalue weighted by molar-refractivity contribution is 5.92. The number of amides is 1. The molecule has 1 rings (SSSR count). The number of hydrogen-bond donors (Lipinski definition) is 1. The van der Waals surface area contributed by atoms with Crippen LogP contribution in [-0.4, -0.2) is 65.9 Å². The molecular formula is C16H29N5O. The Bertz CT molecular complexity index is 444. The van der Waals surface area contributed by atoms with Gasteiger partial charge < -0.3 is 15.1 Å². The van der Waals surface area contributed by atoms with E-state index in [4.69, 9.17) is 0 Å². The van der Waals surface area contributed by atoms with Gasteiger partial charge in [0.05, 0.1) is 0 Å². The monoisotopic (exact) mass is 307 g/mol. The Kier molecular flexibility index (Phi) is 8.43. The van der Waals surface area contributed by atoms with E-state index in [1.165, 1.54) is 0 Å². The molecule has 0 saturated heterocycles. The lowest BCUT2D eigenvalue weighted by Gasteiger charge is -2.21. The fourth-order valence-electron chi connectivity index (χ4n) is 2.18. The maximum Gasteiger partial charge on any atom is 0.272 e. The van der Waals surface area contributed by atoms with Crippen molar-refractivity contribution >= 4 is 11.9 Å². The van der Waals surface area contributed by atoms with Crippen LogP contribution in [0.3, 0.4) is 0 Å². The van der Waals surface area contributed by atoms with Crippen LogP contribution in [0.15, 0.2) is 12.3 Å². The molecule has 0 spiro atoms. The van der Waals surface area contributed by atoms with Crippen molar-refractivity contribution in [1.29, 1.82) is 0 Å². The van der Waals surface area contributed by atoms with Crippen LogP contribution in [0.1, 0.15) is 43.6 Å². The van der Waals surface area contributed by atoms with E-state index in [0.29, 0.717) is 11.6 Å². The van der Waals surface area contributed by atoms with Gasteiger partial charge in [0.15, 0.2) is 0 Å². The first-order valence-electron chi connectivity index (χ1n) is 8.09. The van der Waals surface area contributed by atoms with Gasteiger partial charge in [0.1, 0.15) is 5.69 Å². The zero-order chi connectivity index (χ0) is 16.4. The second kappa shape index (κ2) is 10.1. The third-order valence-electron chi connectivity index (χ3n) is 3.21. The van der Waals surface area contributed by atoms with Crippen molar-refractivity contribution in [3.8, 4) is 0 Å². The van der Waals surface area contributed by atoms with Crippen LogP contribution in [0.25, 0.3) is 0 Å². The zero-order valence-electron chi connectivity index (χ0n) is 14.3. The zero-order valence-corrected chi connectivity index (χ0v) is 14.3. The van der Waals surface area contributed by atoms with Gasteiger partial charge in [0.2, 0.25) is 5.95 Å². The molecule has 0 fully saturated rings. The largest absolute Gasteiger partial charge is 0.354 e. The second-order valence-corrected chi connectivity index (χ2v) is 5.64. The van der Waals surface area contributed by atoms with E-state index >= 15 is 0 Å². The van der Waals surface area contributed by atoms with Gasteiger partial charge in [-0.2, -0.15) is 0 Å². The third-order valence-corrected chi connectivity index (χ3v) is 3.21. The summed E-state index contributed by atoms with van der Waals surface area (Å²) in [5, 5.41) is 3.18. The number of aromatic nitrogens is 2. The van der Waals surface area contributed by atoms with Crippen LogP contribution < -0.4 is 5.32 Å². The minimum atomic E-state index is -0.0116. The Morgan fingerprint density at radius 2 is 1.86 bits per heavy atom. The van der Waals surface area contributed by atoms with Crippen molar-refractivity contribution in [2.75, 3.05) is 45.6 Å². The lowest BCUT2D eigenvalue weighted by atomic mass is 10.3. The molecule has 0 aliphatic carbocycles. The first-order valence-corrected chi connectivity index (χ1v) is 8.09. The fourth-order valence-corrected chi connectivity index (χ4v) is 2.18. The molecule has 0 atom stereocenters. The summed E-state index contributed by atoms with van der Waals surface area (Å²) >= 11 is 0. The SMILES string of the molecule is CCCN(CCC)C(=O)c1ccnc(NCCCN(C)C)n1. The van der Waals surface area contributed by atoms with Gasteiger partial charge in [-0.05, 0) is 46.0 Å². The number of nitrogens with one attached hydrogen (secondary N) is 1. The highest BCUT2D eigenvalue weighted by atomic mass is 16.2. The molecule has 1 aromatic rings. The van der Waals surface area contributed by atoms with Crippen LogP contribution in [-0.2, 0) is 0 Å². The van der Waals surface area contributed by atoms with E-state index in [9.17, 15) is 4.79 Å². The smallest absolute Gasteiger partial charge is 0.272 e. The lowest BCUT2D eigenvalue weighted by Crippen LogP contribution is -2.33. The van der Waals surface area contributed by atoms with Crippen LogP contribution in [0.5, 0.6) is 0 Å². The van der Waals surface area contributed by atoms with E-state index in [1.807, 2.05) is 19.0 Å². The minimum Gasteiger partial charge on any atom is -0.354 e. The number of hydrogen-bond acceptors (Lipinski definition) is 5. The van der Waals surface area contributed by atoms with Crippen molar-refractivity contribution in [3.05, 3.63) is 18.0 Å². The summed E-state index contributed by atoms with van der Waals surface area (Å²) in [5.74, 6) is 0.514. The Labute approximate surface area is 133 Å². The van der Waals surface area contributed by atoms with Crippen molar-refractivity contribution in [2.45, 2.75) is 33.1 Å². The number of nitrogens with zero attached hydrogens (tertiary/aromatic N) is 4. The molecule has 6 nitrogen and oxygen atoms in total. The Morgan fingerprint density at radius 1 is 1.18 bits per heavy atom. The molecule has 1 aromatic heterocycles. The van der Waals surface area contributed by atoms with Crippen molar-refractivity contribution in [3.63, 3.8) is 0 Å². The molecule has 124 valence electrons. The lowest BCUT2D eigenvalue weighted by molar-refractivity contribution is 0.0749. The summed E-state index contributed by atoms with van der Waals surface area (Å²) < 4.78 is 0. The van der Waals surface area contributed by atoms with Crippen molar-refractivity contribution < 1.29 is 4.79 Å². The van der Waals surface area contributed by atoms with E-state index in [1.54, 1.807) is 12.3 Å². The summed E-state index contributed by atoms with van der Waals surface area (Å²) in [5.41, 5.74) is 0.465. The molecule has 22 heavy (non-hydrogen) atoms. The van der Waals surface area contributed by atoms with Gasteiger partial charge in [-0.15, -0.1) is 0 Å². The maximum absolute atomic E-state index is 12.5. The summed E-state index contributed by atoms with van der Waals surface area (Å²) in [6.45, 7) is 7.49. The fraction of sp³-hybridized carbons (Fsp3) is 0.688. The summed E-state index contributed by atoms with van der Waals surface area (Å²) in [6, 6.07) is 1.69. The molecule has 1 N–H and O–H groups in total. The number of rotatable bonds is 10. The highest BCUT2D eigenvalue weighted by Crippen LogP contribution is 2.06. The van der Waals surface area contributed by atoms with Crippen LogP contribution >= 0.6 is 0 Å². The van der Waals surface area contributed by atoms with E-state index in [0.717, 1.165) is 45.4 Å². The molecule has 1 amide bonds. The summed E-state index contributed by atoms with van der Waals surface area (Å²) in [4.78, 5) is 25.0. The topological polar surface area (TPSA) is 61.4 Å². The standard InChI is InChI=1S/C16H29N5O/c1-5-11-21(12-6-2)15(22)14-8-10-18-16(19-14)17-9-7-13-20(3)4/h8,10H,5-7,9,11-13H2,1-4H3,(H,17,18,19). The Hall–Kier alpha value is -1.69. The number of anilines is 1. The van der Waals surface area contributed by atoms with E-state index < -0.39 is 0 Å². The number of carbonyl (C=O) groups excluding carboxylic acids is 1. The average molecular weight is 307 g/mol. The van der Waals surface area contributed by atoms with Gasteiger partial charge in [-0.1, -0.05) is 13.8 Å². The average Bonchev–Trinajstić information content (AvgIpc) is 2.51. The molecule has 6 heteroatoms. The highest BCUT2D eigenvalue weighted by Gasteiger charge is 2.16. The molecule has 0 radical (unpaired) electrons. The first-order chi connectivity index (χ1) is 10.6. The van der Waals surface area contributed by atoms with Gasteiger partial charge in [-0.25, -0.2) is 9.97 Å². The molecule has 1 heterocycles. The molecular weight excluding hydrogens is 278 g/mol. The summed E-state index contributed by atoms with van der Waals surface area (Å²) in [6.07, 6.45) is 4.55. The Morgan fingerprint density at radius 3 is 2.45 bits per heavy atom. The molecule has 0 bridgehead atoms. The molecule has 0 aliphatic heterocycles. The first kappa shape index (κ1) is 18.4. The second-order valence-electron chi connectivity index (χ2n) is 5.64. The molecule has 0 aromatic carbocycles. The predicted molar refractivity (Wildman–Crippen MR) is 90.2 cm³/mol. The number of carbonyl (C=O) groups is 1. The predicted octanol–water partition coefficient (Wildman–Crippen LogP) is 2.10. The van der Waals surface area contributed by atoms with Gasteiger partial charge >= 0.3 is 0 Å². The third kappa shape index (κ3) is 6.39. The van der Waals surface area contributed by atoms with Crippen molar-refractivity contribution in [1.82, 2.24) is 19.8 Å². The van der Waals surface area contributed by atoms with E-state index in [-0.39, 0.29) is 5.91 Å². The minimum absolute atomic E-state index is 0.0116. The van der Waals surface area contributed by atoms with Gasteiger partial charge in [0, 0.05) is 25.8 Å². The van der Waals surface area contributed by atoms with Crippen LogP contribution in [0, 0.1) is 0 Å².